The molecule has 2 amide bonds. The Morgan fingerprint density at radius 3 is 2.34 bits per heavy atom. The molecular weight excluding hydrogens is 396 g/mol. The Kier molecular flexibility index (Phi) is 6.41. The van der Waals surface area contributed by atoms with E-state index >= 15 is 0 Å². The highest BCUT2D eigenvalue weighted by Crippen LogP contribution is 2.36. The van der Waals surface area contributed by atoms with Gasteiger partial charge in [0.2, 0.25) is 0 Å². The fourth-order valence-electron chi connectivity index (χ4n) is 3.07. The number of halogens is 1. The standard InChI is InChI=1S/C21H21ClN2O5/c1-27-11-10-24-20(25)18(14-6-4-5-7-16(14)28-2)19(21(24)26)23-13-8-9-17(29-3)15(22)12-13/h4-9,12,23H,10-11H2,1-3H3. The smallest absolute Gasteiger partial charge is 0.278 e. The number of nitrogens with one attached hydrogen (secondary N) is 1. The zero-order valence-corrected chi connectivity index (χ0v) is 17.1. The first-order valence-electron chi connectivity index (χ1n) is 8.85. The van der Waals surface area contributed by atoms with E-state index in [1.54, 1.807) is 42.5 Å². The summed E-state index contributed by atoms with van der Waals surface area (Å²) >= 11 is 6.20. The molecule has 1 N–H and O–H groups in total. The molecule has 29 heavy (non-hydrogen) atoms. The van der Waals surface area contributed by atoms with Crippen molar-refractivity contribution in [2.75, 3.05) is 39.8 Å². The van der Waals surface area contributed by atoms with Crippen LogP contribution in [0.25, 0.3) is 5.57 Å². The molecule has 0 saturated carbocycles. The number of rotatable bonds is 8. The van der Waals surface area contributed by atoms with E-state index in [0.717, 1.165) is 4.90 Å². The van der Waals surface area contributed by atoms with Gasteiger partial charge < -0.3 is 19.5 Å². The highest BCUT2D eigenvalue weighted by atomic mass is 35.5. The number of benzene rings is 2. The molecule has 3 rings (SSSR count). The van der Waals surface area contributed by atoms with E-state index in [4.69, 9.17) is 25.8 Å². The molecule has 1 heterocycles. The molecule has 0 aromatic heterocycles. The van der Waals surface area contributed by atoms with Gasteiger partial charge in [0.15, 0.2) is 0 Å². The summed E-state index contributed by atoms with van der Waals surface area (Å²) in [6.45, 7) is 0.375. The summed E-state index contributed by atoms with van der Waals surface area (Å²) in [7, 11) is 4.54. The monoisotopic (exact) mass is 416 g/mol. The van der Waals surface area contributed by atoms with Crippen LogP contribution < -0.4 is 14.8 Å². The van der Waals surface area contributed by atoms with Gasteiger partial charge in [-0.05, 0) is 24.3 Å². The maximum atomic E-state index is 13.1. The van der Waals surface area contributed by atoms with Crippen LogP contribution in [0.15, 0.2) is 48.2 Å². The summed E-state index contributed by atoms with van der Waals surface area (Å²) < 4.78 is 15.6. The van der Waals surface area contributed by atoms with Gasteiger partial charge in [-0.1, -0.05) is 29.8 Å². The number of amides is 2. The number of imide groups is 1. The van der Waals surface area contributed by atoms with Gasteiger partial charge in [-0.15, -0.1) is 0 Å². The van der Waals surface area contributed by atoms with Crippen LogP contribution >= 0.6 is 11.6 Å². The van der Waals surface area contributed by atoms with Gasteiger partial charge in [0.1, 0.15) is 17.2 Å². The van der Waals surface area contributed by atoms with E-state index in [2.05, 4.69) is 5.32 Å². The second kappa shape index (κ2) is 8.98. The van der Waals surface area contributed by atoms with Gasteiger partial charge in [-0.2, -0.15) is 0 Å². The Balaban J connectivity index is 2.08. The zero-order valence-electron chi connectivity index (χ0n) is 16.3. The van der Waals surface area contributed by atoms with Gasteiger partial charge in [0, 0.05) is 18.4 Å². The fourth-order valence-corrected chi connectivity index (χ4v) is 3.32. The number of anilines is 1. The summed E-state index contributed by atoms with van der Waals surface area (Å²) in [6.07, 6.45) is 0. The van der Waals surface area contributed by atoms with Crippen molar-refractivity contribution < 1.29 is 23.8 Å². The Hall–Kier alpha value is -3.03. The highest BCUT2D eigenvalue weighted by molar-refractivity contribution is 6.37. The summed E-state index contributed by atoms with van der Waals surface area (Å²) in [5.41, 5.74) is 1.45. The third kappa shape index (κ3) is 4.06. The maximum absolute atomic E-state index is 13.1. The summed E-state index contributed by atoms with van der Waals surface area (Å²) in [6, 6.07) is 12.1. The van der Waals surface area contributed by atoms with Gasteiger partial charge in [0.05, 0.1) is 38.0 Å². The quantitative estimate of drug-likeness (QED) is 0.666. The van der Waals surface area contributed by atoms with Crippen molar-refractivity contribution in [1.29, 1.82) is 0 Å². The lowest BCUT2D eigenvalue weighted by atomic mass is 10.0. The molecule has 1 aliphatic heterocycles. The van der Waals surface area contributed by atoms with Crippen molar-refractivity contribution >= 4 is 34.7 Å². The molecule has 0 unspecified atom stereocenters. The third-order valence-electron chi connectivity index (χ3n) is 4.48. The van der Waals surface area contributed by atoms with Crippen molar-refractivity contribution in [3.05, 3.63) is 58.7 Å². The molecule has 1 aliphatic rings. The third-order valence-corrected chi connectivity index (χ3v) is 4.78. The van der Waals surface area contributed by atoms with E-state index in [1.807, 2.05) is 0 Å². The van der Waals surface area contributed by atoms with Crippen LogP contribution in [0.4, 0.5) is 5.69 Å². The van der Waals surface area contributed by atoms with E-state index < -0.39 is 11.8 Å². The molecule has 0 aliphatic carbocycles. The molecule has 8 heteroatoms. The fraction of sp³-hybridized carbons (Fsp3) is 0.238. The summed E-state index contributed by atoms with van der Waals surface area (Å²) in [5, 5.41) is 3.43. The van der Waals surface area contributed by atoms with Crippen molar-refractivity contribution in [3.63, 3.8) is 0 Å². The van der Waals surface area contributed by atoms with Crippen molar-refractivity contribution in [2.24, 2.45) is 0 Å². The van der Waals surface area contributed by atoms with Crippen molar-refractivity contribution in [3.8, 4) is 11.5 Å². The first kappa shape index (κ1) is 20.7. The molecule has 0 spiro atoms. The van der Waals surface area contributed by atoms with Crippen LogP contribution in [0.2, 0.25) is 5.02 Å². The van der Waals surface area contributed by atoms with E-state index in [9.17, 15) is 9.59 Å². The molecule has 0 saturated heterocycles. The van der Waals surface area contributed by atoms with E-state index in [1.165, 1.54) is 21.3 Å². The Bertz CT molecular complexity index is 973. The number of carbonyl (C=O) groups is 2. The number of para-hydroxylation sites is 1. The molecule has 0 fully saturated rings. The Labute approximate surface area is 173 Å². The number of ether oxygens (including phenoxy) is 3. The number of hydrogen-bond donors (Lipinski definition) is 1. The van der Waals surface area contributed by atoms with Gasteiger partial charge in [0.25, 0.3) is 11.8 Å². The molecular formula is C21H21ClN2O5. The van der Waals surface area contributed by atoms with Crippen LogP contribution in [0, 0.1) is 0 Å². The zero-order chi connectivity index (χ0) is 21.0. The second-order valence-electron chi connectivity index (χ2n) is 6.18. The largest absolute Gasteiger partial charge is 0.496 e. The number of hydrogen-bond acceptors (Lipinski definition) is 6. The minimum Gasteiger partial charge on any atom is -0.496 e. The highest BCUT2D eigenvalue weighted by Gasteiger charge is 2.40. The maximum Gasteiger partial charge on any atom is 0.278 e. The summed E-state index contributed by atoms with van der Waals surface area (Å²) in [5.74, 6) is 0.134. The first-order valence-corrected chi connectivity index (χ1v) is 9.23. The first-order chi connectivity index (χ1) is 14.0. The number of carbonyl (C=O) groups excluding carboxylic acids is 2. The molecule has 2 aromatic rings. The van der Waals surface area contributed by atoms with Crippen LogP contribution in [0.1, 0.15) is 5.56 Å². The predicted octanol–water partition coefficient (Wildman–Crippen LogP) is 3.20. The lowest BCUT2D eigenvalue weighted by Crippen LogP contribution is -2.35. The number of nitrogens with zero attached hydrogens (tertiary/aromatic N) is 1. The molecule has 0 atom stereocenters. The normalized spacial score (nSPS) is 13.9. The Morgan fingerprint density at radius 2 is 1.69 bits per heavy atom. The van der Waals surface area contributed by atoms with Crippen LogP contribution in [-0.4, -0.2) is 51.2 Å². The average Bonchev–Trinajstić information content (AvgIpc) is 2.96. The molecule has 0 bridgehead atoms. The average molecular weight is 417 g/mol. The van der Waals surface area contributed by atoms with Crippen LogP contribution in [0.3, 0.4) is 0 Å². The molecule has 2 aromatic carbocycles. The van der Waals surface area contributed by atoms with Crippen LogP contribution in [0.5, 0.6) is 11.5 Å². The van der Waals surface area contributed by atoms with Gasteiger partial charge >= 0.3 is 0 Å². The van der Waals surface area contributed by atoms with Crippen molar-refractivity contribution in [1.82, 2.24) is 4.90 Å². The van der Waals surface area contributed by atoms with Crippen LogP contribution in [-0.2, 0) is 14.3 Å². The number of methoxy groups -OCH3 is 3. The Morgan fingerprint density at radius 1 is 0.966 bits per heavy atom. The SMILES string of the molecule is COCCN1C(=O)C(Nc2ccc(OC)c(Cl)c2)=C(c2ccccc2OC)C1=O. The second-order valence-corrected chi connectivity index (χ2v) is 6.59. The minimum atomic E-state index is -0.445. The molecule has 7 nitrogen and oxygen atoms in total. The summed E-state index contributed by atoms with van der Waals surface area (Å²) in [4.78, 5) is 27.3. The lowest BCUT2D eigenvalue weighted by molar-refractivity contribution is -0.137. The van der Waals surface area contributed by atoms with E-state index in [-0.39, 0.29) is 24.4 Å². The van der Waals surface area contributed by atoms with Gasteiger partial charge in [-0.25, -0.2) is 0 Å². The van der Waals surface area contributed by atoms with Crippen molar-refractivity contribution in [2.45, 2.75) is 0 Å². The van der Waals surface area contributed by atoms with E-state index in [0.29, 0.717) is 27.8 Å². The molecule has 0 radical (unpaired) electrons. The topological polar surface area (TPSA) is 77.1 Å². The van der Waals surface area contributed by atoms with Gasteiger partial charge in [-0.3, -0.25) is 14.5 Å². The molecule has 152 valence electrons. The minimum absolute atomic E-state index is 0.140. The predicted molar refractivity (Wildman–Crippen MR) is 110 cm³/mol. The lowest BCUT2D eigenvalue weighted by Gasteiger charge is -2.14.